The summed E-state index contributed by atoms with van der Waals surface area (Å²) in [6.45, 7) is 5.20. The first kappa shape index (κ1) is 16.7. The van der Waals surface area contributed by atoms with Gasteiger partial charge in [-0.2, -0.15) is 0 Å². The van der Waals surface area contributed by atoms with Crippen LogP contribution in [0.15, 0.2) is 0 Å². The highest BCUT2D eigenvalue weighted by Gasteiger charge is 2.23. The molecule has 0 bridgehead atoms. The maximum Gasteiger partial charge on any atom is 0.408 e. The first-order valence-corrected chi connectivity index (χ1v) is 5.67. The number of ether oxygens (including phenoxy) is 2. The van der Waals surface area contributed by atoms with Crippen molar-refractivity contribution in [3.05, 3.63) is 0 Å². The highest BCUT2D eigenvalue weighted by atomic mass is 16.6. The third-order valence-corrected chi connectivity index (χ3v) is 1.78. The van der Waals surface area contributed by atoms with E-state index in [1.807, 2.05) is 0 Å². The van der Waals surface area contributed by atoms with E-state index < -0.39 is 23.7 Å². The molecule has 0 rings (SSSR count). The minimum atomic E-state index is -1.16. The number of aliphatic carboxylic acids is 1. The van der Waals surface area contributed by atoms with Gasteiger partial charge in [0.1, 0.15) is 11.6 Å². The van der Waals surface area contributed by atoms with Crippen LogP contribution in [0, 0.1) is 0 Å². The van der Waals surface area contributed by atoms with Gasteiger partial charge in [-0.25, -0.2) is 9.59 Å². The molecule has 0 saturated heterocycles. The van der Waals surface area contributed by atoms with Gasteiger partial charge in [0.25, 0.3) is 0 Å². The summed E-state index contributed by atoms with van der Waals surface area (Å²) >= 11 is 0. The van der Waals surface area contributed by atoms with Crippen LogP contribution >= 0.6 is 0 Å². The SMILES string of the molecule is CC(C)(C)OC(=O)NC(CCOCCO)C(=O)O. The highest BCUT2D eigenvalue weighted by molar-refractivity contribution is 5.79. The summed E-state index contributed by atoms with van der Waals surface area (Å²) in [5, 5.41) is 19.6. The summed E-state index contributed by atoms with van der Waals surface area (Å²) in [6, 6.07) is -1.07. The average molecular weight is 263 g/mol. The van der Waals surface area contributed by atoms with Crippen LogP contribution in [-0.2, 0) is 14.3 Å². The zero-order valence-corrected chi connectivity index (χ0v) is 10.9. The van der Waals surface area contributed by atoms with E-state index in [1.165, 1.54) is 0 Å². The standard InChI is InChI=1S/C11H21NO6/c1-11(2,3)18-10(16)12-8(9(14)15)4-6-17-7-5-13/h8,13H,4-7H2,1-3H3,(H,12,16)(H,14,15). The van der Waals surface area contributed by atoms with Crippen LogP contribution < -0.4 is 5.32 Å². The second-order valence-electron chi connectivity index (χ2n) is 4.66. The van der Waals surface area contributed by atoms with Crippen LogP contribution in [0.25, 0.3) is 0 Å². The molecule has 0 aromatic heterocycles. The summed E-state index contributed by atoms with van der Waals surface area (Å²) < 4.78 is 9.89. The second-order valence-corrected chi connectivity index (χ2v) is 4.66. The summed E-state index contributed by atoms with van der Waals surface area (Å²) in [7, 11) is 0. The van der Waals surface area contributed by atoms with Crippen LogP contribution in [0.3, 0.4) is 0 Å². The molecular formula is C11H21NO6. The largest absolute Gasteiger partial charge is 0.480 e. The monoisotopic (exact) mass is 263 g/mol. The Balaban J connectivity index is 4.11. The Morgan fingerprint density at radius 1 is 1.28 bits per heavy atom. The zero-order valence-electron chi connectivity index (χ0n) is 10.9. The molecule has 0 spiro atoms. The molecule has 0 aromatic rings. The summed E-state index contributed by atoms with van der Waals surface area (Å²) in [5.74, 6) is -1.16. The lowest BCUT2D eigenvalue weighted by Crippen LogP contribution is -2.44. The maximum atomic E-state index is 11.4. The molecule has 0 fully saturated rings. The number of hydrogen-bond donors (Lipinski definition) is 3. The van der Waals surface area contributed by atoms with Gasteiger partial charge in [-0.15, -0.1) is 0 Å². The van der Waals surface area contributed by atoms with E-state index in [-0.39, 0.29) is 26.2 Å². The van der Waals surface area contributed by atoms with E-state index in [0.717, 1.165) is 0 Å². The van der Waals surface area contributed by atoms with E-state index >= 15 is 0 Å². The molecule has 1 unspecified atom stereocenters. The molecule has 18 heavy (non-hydrogen) atoms. The molecule has 0 aliphatic rings. The predicted molar refractivity (Wildman–Crippen MR) is 63.3 cm³/mol. The van der Waals surface area contributed by atoms with E-state index in [0.29, 0.717) is 0 Å². The van der Waals surface area contributed by atoms with Crippen molar-refractivity contribution >= 4 is 12.1 Å². The molecule has 7 heteroatoms. The van der Waals surface area contributed by atoms with Gasteiger partial charge in [-0.1, -0.05) is 0 Å². The molecule has 0 aliphatic carbocycles. The van der Waals surface area contributed by atoms with Gasteiger partial charge < -0.3 is 25.0 Å². The van der Waals surface area contributed by atoms with Crippen LogP contribution in [-0.4, -0.2) is 53.7 Å². The number of aliphatic hydroxyl groups is 1. The number of hydrogen-bond acceptors (Lipinski definition) is 5. The first-order chi connectivity index (χ1) is 8.26. The molecule has 0 aliphatic heterocycles. The van der Waals surface area contributed by atoms with Crippen molar-refractivity contribution in [1.29, 1.82) is 0 Å². The lowest BCUT2D eigenvalue weighted by molar-refractivity contribution is -0.140. The fourth-order valence-corrected chi connectivity index (χ4v) is 1.07. The Morgan fingerprint density at radius 3 is 2.33 bits per heavy atom. The molecular weight excluding hydrogens is 242 g/mol. The molecule has 106 valence electrons. The van der Waals surface area contributed by atoms with E-state index in [1.54, 1.807) is 20.8 Å². The molecule has 7 nitrogen and oxygen atoms in total. The number of nitrogens with one attached hydrogen (secondary N) is 1. The van der Waals surface area contributed by atoms with Gasteiger partial charge >= 0.3 is 12.1 Å². The molecule has 0 heterocycles. The van der Waals surface area contributed by atoms with Crippen molar-refractivity contribution in [2.24, 2.45) is 0 Å². The van der Waals surface area contributed by atoms with Crippen LogP contribution in [0.1, 0.15) is 27.2 Å². The Labute approximate surface area is 106 Å². The number of amides is 1. The van der Waals surface area contributed by atoms with Crippen molar-refractivity contribution < 1.29 is 29.3 Å². The quantitative estimate of drug-likeness (QED) is 0.573. The highest BCUT2D eigenvalue weighted by Crippen LogP contribution is 2.07. The lowest BCUT2D eigenvalue weighted by Gasteiger charge is -2.21. The number of carbonyl (C=O) groups is 2. The molecule has 0 aromatic carbocycles. The van der Waals surface area contributed by atoms with Crippen molar-refractivity contribution in [3.63, 3.8) is 0 Å². The van der Waals surface area contributed by atoms with E-state index in [9.17, 15) is 9.59 Å². The van der Waals surface area contributed by atoms with Crippen molar-refractivity contribution in [3.8, 4) is 0 Å². The lowest BCUT2D eigenvalue weighted by atomic mass is 10.2. The number of carboxylic acids is 1. The predicted octanol–water partition coefficient (Wildman–Crippen LogP) is 0.363. The normalized spacial score (nSPS) is 12.9. The van der Waals surface area contributed by atoms with Gasteiger partial charge in [0, 0.05) is 13.0 Å². The summed E-state index contributed by atoms with van der Waals surface area (Å²) in [6.07, 6.45) is -0.675. The average Bonchev–Trinajstić information content (AvgIpc) is 2.19. The van der Waals surface area contributed by atoms with Gasteiger partial charge in [0.2, 0.25) is 0 Å². The van der Waals surface area contributed by atoms with Crippen molar-refractivity contribution in [1.82, 2.24) is 5.32 Å². The van der Waals surface area contributed by atoms with Gasteiger partial charge in [0.05, 0.1) is 13.2 Å². The van der Waals surface area contributed by atoms with Crippen LogP contribution in [0.4, 0.5) is 4.79 Å². The first-order valence-electron chi connectivity index (χ1n) is 5.67. The fraction of sp³-hybridized carbons (Fsp3) is 0.818. The zero-order chi connectivity index (χ0) is 14.2. The van der Waals surface area contributed by atoms with Gasteiger partial charge in [-0.3, -0.25) is 0 Å². The molecule has 1 amide bonds. The van der Waals surface area contributed by atoms with Gasteiger partial charge in [0.15, 0.2) is 0 Å². The summed E-state index contributed by atoms with van der Waals surface area (Å²) in [5.41, 5.74) is -0.680. The Morgan fingerprint density at radius 2 is 1.89 bits per heavy atom. The third-order valence-electron chi connectivity index (χ3n) is 1.78. The molecule has 0 saturated carbocycles. The molecule has 0 radical (unpaired) electrons. The molecule has 1 atom stereocenters. The summed E-state index contributed by atoms with van der Waals surface area (Å²) in [4.78, 5) is 22.3. The Bertz CT molecular complexity index is 273. The van der Waals surface area contributed by atoms with E-state index in [4.69, 9.17) is 19.7 Å². The smallest absolute Gasteiger partial charge is 0.408 e. The number of alkyl carbamates (subject to hydrolysis) is 1. The topological polar surface area (TPSA) is 105 Å². The minimum absolute atomic E-state index is 0.106. The third kappa shape index (κ3) is 8.77. The van der Waals surface area contributed by atoms with Crippen LogP contribution in [0.2, 0.25) is 0 Å². The van der Waals surface area contributed by atoms with Crippen molar-refractivity contribution in [2.75, 3.05) is 19.8 Å². The minimum Gasteiger partial charge on any atom is -0.480 e. The number of aliphatic hydroxyl groups excluding tert-OH is 1. The number of carboxylic acid groups (broad SMARTS) is 1. The number of rotatable bonds is 7. The van der Waals surface area contributed by atoms with Crippen molar-refractivity contribution in [2.45, 2.75) is 38.8 Å². The number of carbonyl (C=O) groups excluding carboxylic acids is 1. The maximum absolute atomic E-state index is 11.4. The van der Waals surface area contributed by atoms with E-state index in [2.05, 4.69) is 5.32 Å². The van der Waals surface area contributed by atoms with Crippen LogP contribution in [0.5, 0.6) is 0 Å². The Hall–Kier alpha value is -1.34. The molecule has 3 N–H and O–H groups in total. The van der Waals surface area contributed by atoms with Gasteiger partial charge in [-0.05, 0) is 20.8 Å². The second kappa shape index (κ2) is 7.88. The Kier molecular flexibility index (Phi) is 7.30. The fourth-order valence-electron chi connectivity index (χ4n) is 1.07.